The number of amides is 1. The van der Waals surface area contributed by atoms with Crippen LogP contribution in [0.15, 0.2) is 80.0 Å². The summed E-state index contributed by atoms with van der Waals surface area (Å²) in [5.74, 6) is 0.176. The third-order valence-corrected chi connectivity index (χ3v) is 2.86. The number of phenolic OH excluding ortho intramolecular Hbond substituents is 2. The van der Waals surface area contributed by atoms with Crippen molar-refractivity contribution in [3.8, 4) is 11.5 Å². The Morgan fingerprint density at radius 1 is 1.08 bits per heavy atom. The zero-order chi connectivity index (χ0) is 17.9. The first-order valence-corrected chi connectivity index (χ1v) is 7.26. The lowest BCUT2D eigenvalue weighted by molar-refractivity contribution is 0.137. The van der Waals surface area contributed by atoms with E-state index < -0.39 is 6.09 Å². The maximum Gasteiger partial charge on any atom is 0.419 e. The van der Waals surface area contributed by atoms with Crippen LogP contribution < -0.4 is 4.90 Å². The molecule has 24 heavy (non-hydrogen) atoms. The molecule has 0 aromatic heterocycles. The molecule has 0 aliphatic rings. The average Bonchev–Trinajstić information content (AvgIpc) is 2.56. The van der Waals surface area contributed by atoms with Crippen LogP contribution in [0.3, 0.4) is 0 Å². The lowest BCUT2D eigenvalue weighted by Gasteiger charge is -2.19. The fourth-order valence-corrected chi connectivity index (χ4v) is 1.63. The Kier molecular flexibility index (Phi) is 7.64. The first-order chi connectivity index (χ1) is 11.5. The molecule has 5 heteroatoms. The standard InChI is InChI=1S/C13H15NO2.C6H6O2/c1-4-11(3)16-13(15)14(5-2)12-9-7-6-8-10-12;7-5-2-1-3-6(8)4-5/h4-11H,1-2H2,3H3;1-4,7-8H. The van der Waals surface area contributed by atoms with E-state index in [1.165, 1.54) is 29.3 Å². The third-order valence-electron chi connectivity index (χ3n) is 2.86. The summed E-state index contributed by atoms with van der Waals surface area (Å²) in [4.78, 5) is 13.1. The van der Waals surface area contributed by atoms with Gasteiger partial charge in [0.25, 0.3) is 0 Å². The van der Waals surface area contributed by atoms with E-state index in [-0.39, 0.29) is 17.6 Å². The summed E-state index contributed by atoms with van der Waals surface area (Å²) in [6.45, 7) is 8.89. The fourth-order valence-electron chi connectivity index (χ4n) is 1.63. The van der Waals surface area contributed by atoms with Gasteiger partial charge in [0.2, 0.25) is 0 Å². The highest BCUT2D eigenvalue weighted by atomic mass is 16.6. The molecule has 0 spiro atoms. The van der Waals surface area contributed by atoms with Crippen LogP contribution in [-0.4, -0.2) is 22.4 Å². The molecule has 1 amide bonds. The second-order valence-electron chi connectivity index (χ2n) is 4.73. The van der Waals surface area contributed by atoms with Crippen molar-refractivity contribution in [3.05, 3.63) is 80.0 Å². The van der Waals surface area contributed by atoms with Crippen LogP contribution in [0.2, 0.25) is 0 Å². The van der Waals surface area contributed by atoms with Gasteiger partial charge in [0.15, 0.2) is 0 Å². The molecule has 0 fully saturated rings. The number of carbonyl (C=O) groups is 1. The first-order valence-electron chi connectivity index (χ1n) is 7.26. The molecule has 5 nitrogen and oxygen atoms in total. The van der Waals surface area contributed by atoms with E-state index in [9.17, 15) is 4.79 Å². The molecule has 2 rings (SSSR count). The van der Waals surface area contributed by atoms with Gasteiger partial charge in [-0.15, -0.1) is 0 Å². The highest BCUT2D eigenvalue weighted by Crippen LogP contribution is 2.15. The minimum absolute atomic E-state index is 0.0880. The summed E-state index contributed by atoms with van der Waals surface area (Å²) >= 11 is 0. The molecule has 126 valence electrons. The van der Waals surface area contributed by atoms with E-state index in [4.69, 9.17) is 14.9 Å². The molecular weight excluding hydrogens is 306 g/mol. The molecule has 0 aliphatic heterocycles. The van der Waals surface area contributed by atoms with Gasteiger partial charge < -0.3 is 14.9 Å². The highest BCUT2D eigenvalue weighted by molar-refractivity contribution is 5.89. The van der Waals surface area contributed by atoms with Crippen molar-refractivity contribution in [3.63, 3.8) is 0 Å². The fraction of sp³-hybridized carbons (Fsp3) is 0.105. The van der Waals surface area contributed by atoms with Crippen LogP contribution in [0, 0.1) is 0 Å². The molecule has 0 saturated carbocycles. The summed E-state index contributed by atoms with van der Waals surface area (Å²) in [7, 11) is 0. The summed E-state index contributed by atoms with van der Waals surface area (Å²) in [6.07, 6.45) is 2.20. The minimum atomic E-state index is -0.464. The van der Waals surface area contributed by atoms with Gasteiger partial charge in [-0.1, -0.05) is 43.5 Å². The van der Waals surface area contributed by atoms with Gasteiger partial charge in [-0.2, -0.15) is 0 Å². The molecule has 0 bridgehead atoms. The normalized spacial score (nSPS) is 10.5. The Balaban J connectivity index is 0.000000300. The number of aromatic hydroxyl groups is 2. The summed E-state index contributed by atoms with van der Waals surface area (Å²) in [5.41, 5.74) is 0.721. The largest absolute Gasteiger partial charge is 0.508 e. The molecule has 2 aromatic rings. The van der Waals surface area contributed by atoms with E-state index in [2.05, 4.69) is 13.2 Å². The highest BCUT2D eigenvalue weighted by Gasteiger charge is 2.15. The van der Waals surface area contributed by atoms with Crippen LogP contribution in [0.1, 0.15) is 6.92 Å². The SMILES string of the molecule is C=CC(C)OC(=O)N(C=C)c1ccccc1.Oc1cccc(O)c1. The van der Waals surface area contributed by atoms with Gasteiger partial charge >= 0.3 is 6.09 Å². The first kappa shape index (κ1) is 18.8. The Morgan fingerprint density at radius 3 is 2.08 bits per heavy atom. The van der Waals surface area contributed by atoms with Crippen LogP contribution in [-0.2, 0) is 4.74 Å². The van der Waals surface area contributed by atoms with Crippen LogP contribution >= 0.6 is 0 Å². The van der Waals surface area contributed by atoms with Crippen LogP contribution in [0.5, 0.6) is 11.5 Å². The molecule has 1 unspecified atom stereocenters. The van der Waals surface area contributed by atoms with E-state index >= 15 is 0 Å². The second-order valence-corrected chi connectivity index (χ2v) is 4.73. The van der Waals surface area contributed by atoms with Gasteiger partial charge in [-0.25, -0.2) is 4.79 Å². The predicted octanol–water partition coefficient (Wildman–Crippen LogP) is 4.45. The van der Waals surface area contributed by atoms with Crippen molar-refractivity contribution in [1.82, 2.24) is 0 Å². The quantitative estimate of drug-likeness (QED) is 0.814. The van der Waals surface area contributed by atoms with Gasteiger partial charge in [-0.05, 0) is 31.2 Å². The zero-order valence-electron chi connectivity index (χ0n) is 13.5. The Bertz CT molecular complexity index is 653. The second kappa shape index (κ2) is 9.74. The smallest absolute Gasteiger partial charge is 0.419 e. The van der Waals surface area contributed by atoms with Crippen molar-refractivity contribution >= 4 is 11.8 Å². The van der Waals surface area contributed by atoms with Crippen molar-refractivity contribution in [1.29, 1.82) is 0 Å². The summed E-state index contributed by atoms with van der Waals surface area (Å²) < 4.78 is 5.10. The molecule has 0 radical (unpaired) electrons. The molecule has 2 aromatic carbocycles. The molecule has 0 aliphatic carbocycles. The maximum atomic E-state index is 11.7. The number of carbonyl (C=O) groups excluding carboxylic acids is 1. The lowest BCUT2D eigenvalue weighted by atomic mass is 10.3. The van der Waals surface area contributed by atoms with E-state index in [1.807, 2.05) is 30.3 Å². The van der Waals surface area contributed by atoms with E-state index in [0.717, 1.165) is 5.69 Å². The van der Waals surface area contributed by atoms with Crippen molar-refractivity contribution < 1.29 is 19.7 Å². The lowest BCUT2D eigenvalue weighted by Crippen LogP contribution is -2.28. The Morgan fingerprint density at radius 2 is 1.67 bits per heavy atom. The van der Waals surface area contributed by atoms with Gasteiger partial charge in [0.05, 0.1) is 5.69 Å². The average molecular weight is 327 g/mol. The zero-order valence-corrected chi connectivity index (χ0v) is 13.5. The van der Waals surface area contributed by atoms with Gasteiger partial charge in [-0.3, -0.25) is 4.90 Å². The molecule has 0 heterocycles. The predicted molar refractivity (Wildman–Crippen MR) is 95.0 cm³/mol. The number of para-hydroxylation sites is 1. The molecular formula is C19H21NO4. The van der Waals surface area contributed by atoms with Gasteiger partial charge in [0.1, 0.15) is 17.6 Å². The topological polar surface area (TPSA) is 70.0 Å². The number of hydrogen-bond acceptors (Lipinski definition) is 4. The Labute approximate surface area is 141 Å². The number of anilines is 1. The minimum Gasteiger partial charge on any atom is -0.508 e. The van der Waals surface area contributed by atoms with Crippen molar-refractivity contribution in [2.75, 3.05) is 4.90 Å². The maximum absolute atomic E-state index is 11.7. The number of rotatable bonds is 4. The van der Waals surface area contributed by atoms with Crippen molar-refractivity contribution in [2.24, 2.45) is 0 Å². The summed E-state index contributed by atoms with van der Waals surface area (Å²) in [5, 5.41) is 17.3. The van der Waals surface area contributed by atoms with Crippen molar-refractivity contribution in [2.45, 2.75) is 13.0 Å². The summed E-state index contributed by atoms with van der Waals surface area (Å²) in [6, 6.07) is 15.0. The number of phenols is 2. The molecule has 0 saturated heterocycles. The van der Waals surface area contributed by atoms with Crippen LogP contribution in [0.4, 0.5) is 10.5 Å². The number of nitrogens with zero attached hydrogens (tertiary/aromatic N) is 1. The third kappa shape index (κ3) is 6.27. The molecule has 2 N–H and O–H groups in total. The monoisotopic (exact) mass is 327 g/mol. The van der Waals surface area contributed by atoms with Gasteiger partial charge in [0, 0.05) is 12.3 Å². The number of hydrogen-bond donors (Lipinski definition) is 2. The molecule has 1 atom stereocenters. The Hall–Kier alpha value is -3.21. The number of benzene rings is 2. The number of ether oxygens (including phenoxy) is 1. The van der Waals surface area contributed by atoms with E-state index in [1.54, 1.807) is 19.1 Å². The van der Waals surface area contributed by atoms with Crippen LogP contribution in [0.25, 0.3) is 0 Å². The van der Waals surface area contributed by atoms with E-state index in [0.29, 0.717) is 0 Å².